The summed E-state index contributed by atoms with van der Waals surface area (Å²) < 4.78 is 7.13. The molecule has 0 aliphatic carbocycles. The van der Waals surface area contributed by atoms with Crippen molar-refractivity contribution >= 4 is 17.4 Å². The lowest BCUT2D eigenvalue weighted by molar-refractivity contribution is 0.291. The predicted molar refractivity (Wildman–Crippen MR) is 88.5 cm³/mol. The van der Waals surface area contributed by atoms with Crippen LogP contribution in [-0.2, 0) is 6.61 Å². The molecule has 1 heterocycles. The van der Waals surface area contributed by atoms with Crippen LogP contribution in [0.4, 0.5) is 5.82 Å². The fraction of sp³-hybridized carbons (Fsp3) is 0.0588. The minimum atomic E-state index is 0.212. The molecular weight excluding hydrogens is 312 g/mol. The van der Waals surface area contributed by atoms with Crippen LogP contribution in [0.3, 0.4) is 0 Å². The van der Waals surface area contributed by atoms with E-state index in [0.29, 0.717) is 17.3 Å². The number of aromatic nitrogens is 2. The number of hydrogen-bond acceptors (Lipinski definition) is 4. The average molecular weight is 325 g/mol. The summed E-state index contributed by atoms with van der Waals surface area (Å²) in [5.41, 5.74) is 7.93. The number of benzene rings is 2. The summed E-state index contributed by atoms with van der Waals surface area (Å²) in [5, 5.41) is 14.2. The van der Waals surface area contributed by atoms with Crippen LogP contribution < -0.4 is 10.5 Å². The fourth-order valence-electron chi connectivity index (χ4n) is 2.12. The summed E-state index contributed by atoms with van der Waals surface area (Å²) in [6, 6.07) is 18.7. The molecule has 5 nitrogen and oxygen atoms in total. The monoisotopic (exact) mass is 324 g/mol. The first-order valence-corrected chi connectivity index (χ1v) is 7.28. The summed E-state index contributed by atoms with van der Waals surface area (Å²) in [7, 11) is 0. The minimum Gasteiger partial charge on any atom is -0.471 e. The minimum absolute atomic E-state index is 0.212. The van der Waals surface area contributed by atoms with Gasteiger partial charge in [0.2, 0.25) is 0 Å². The van der Waals surface area contributed by atoms with Gasteiger partial charge in [0.05, 0.1) is 5.69 Å². The van der Waals surface area contributed by atoms with E-state index >= 15 is 0 Å². The lowest BCUT2D eigenvalue weighted by Crippen LogP contribution is -2.02. The lowest BCUT2D eigenvalue weighted by Gasteiger charge is -2.03. The SMILES string of the molecule is N#Cc1c(OCc2ccccc2)nn(-c2ccc(Cl)cc2)c1N. The number of nitrogen functional groups attached to an aromatic ring is 1. The Morgan fingerprint density at radius 1 is 1.13 bits per heavy atom. The summed E-state index contributed by atoms with van der Waals surface area (Å²) >= 11 is 5.88. The van der Waals surface area contributed by atoms with E-state index in [1.54, 1.807) is 24.3 Å². The third-order valence-electron chi connectivity index (χ3n) is 3.29. The zero-order chi connectivity index (χ0) is 16.2. The van der Waals surface area contributed by atoms with E-state index in [0.717, 1.165) is 5.56 Å². The molecule has 0 aliphatic heterocycles. The van der Waals surface area contributed by atoms with Crippen molar-refractivity contribution in [3.05, 3.63) is 70.7 Å². The van der Waals surface area contributed by atoms with E-state index in [9.17, 15) is 5.26 Å². The van der Waals surface area contributed by atoms with Gasteiger partial charge >= 0.3 is 0 Å². The molecule has 0 unspecified atom stereocenters. The van der Waals surface area contributed by atoms with Crippen molar-refractivity contribution in [1.29, 1.82) is 5.26 Å². The molecule has 114 valence electrons. The van der Waals surface area contributed by atoms with Crippen LogP contribution in [0.15, 0.2) is 54.6 Å². The van der Waals surface area contributed by atoms with Gasteiger partial charge in [-0.05, 0) is 29.8 Å². The van der Waals surface area contributed by atoms with Crippen LogP contribution in [0.25, 0.3) is 5.69 Å². The Morgan fingerprint density at radius 2 is 1.83 bits per heavy atom. The van der Waals surface area contributed by atoms with Gasteiger partial charge < -0.3 is 10.5 Å². The number of nitriles is 1. The first-order chi connectivity index (χ1) is 11.2. The van der Waals surface area contributed by atoms with Gasteiger partial charge in [0.25, 0.3) is 5.88 Å². The normalized spacial score (nSPS) is 10.3. The molecule has 0 fully saturated rings. The van der Waals surface area contributed by atoms with Gasteiger partial charge in [-0.15, -0.1) is 5.10 Å². The largest absolute Gasteiger partial charge is 0.471 e. The summed E-state index contributed by atoms with van der Waals surface area (Å²) in [6.45, 7) is 0.312. The molecular formula is C17H13ClN4O. The number of rotatable bonds is 4. The molecule has 0 radical (unpaired) electrons. The molecule has 0 saturated heterocycles. The topological polar surface area (TPSA) is 76.9 Å². The maximum absolute atomic E-state index is 9.32. The first kappa shape index (κ1) is 14.9. The quantitative estimate of drug-likeness (QED) is 0.796. The van der Waals surface area contributed by atoms with E-state index < -0.39 is 0 Å². The smallest absolute Gasteiger partial charge is 0.254 e. The van der Waals surface area contributed by atoms with Gasteiger partial charge in [-0.25, -0.2) is 4.68 Å². The molecule has 0 spiro atoms. The maximum atomic E-state index is 9.32. The maximum Gasteiger partial charge on any atom is 0.254 e. The molecule has 1 aromatic heterocycles. The van der Waals surface area contributed by atoms with Crippen LogP contribution in [0.5, 0.6) is 5.88 Å². The van der Waals surface area contributed by atoms with Gasteiger partial charge in [-0.2, -0.15) is 5.26 Å². The van der Waals surface area contributed by atoms with Crippen LogP contribution in [0, 0.1) is 11.3 Å². The van der Waals surface area contributed by atoms with Crippen LogP contribution in [0.1, 0.15) is 11.1 Å². The third kappa shape index (κ3) is 3.12. The van der Waals surface area contributed by atoms with E-state index in [4.69, 9.17) is 22.1 Å². The van der Waals surface area contributed by atoms with Crippen molar-refractivity contribution < 1.29 is 4.74 Å². The Morgan fingerprint density at radius 3 is 2.48 bits per heavy atom. The molecule has 0 saturated carbocycles. The van der Waals surface area contributed by atoms with Gasteiger partial charge in [-0.3, -0.25) is 0 Å². The highest BCUT2D eigenvalue weighted by Gasteiger charge is 2.18. The Balaban J connectivity index is 1.90. The van der Waals surface area contributed by atoms with E-state index in [-0.39, 0.29) is 17.3 Å². The Kier molecular flexibility index (Phi) is 4.18. The zero-order valence-corrected chi connectivity index (χ0v) is 12.9. The fourth-order valence-corrected chi connectivity index (χ4v) is 2.25. The van der Waals surface area contributed by atoms with Crippen LogP contribution in [0.2, 0.25) is 5.02 Å². The highest BCUT2D eigenvalue weighted by atomic mass is 35.5. The predicted octanol–water partition coefficient (Wildman–Crippen LogP) is 3.56. The molecule has 0 atom stereocenters. The van der Waals surface area contributed by atoms with Crippen molar-refractivity contribution in [2.45, 2.75) is 6.61 Å². The molecule has 6 heteroatoms. The van der Waals surface area contributed by atoms with Gasteiger partial charge in [0.1, 0.15) is 18.5 Å². The average Bonchev–Trinajstić information content (AvgIpc) is 2.90. The molecule has 2 aromatic carbocycles. The second kappa shape index (κ2) is 6.42. The highest BCUT2D eigenvalue weighted by molar-refractivity contribution is 6.30. The summed E-state index contributed by atoms with van der Waals surface area (Å²) in [6.07, 6.45) is 0. The molecule has 3 rings (SSSR count). The van der Waals surface area contributed by atoms with E-state index in [1.165, 1.54) is 4.68 Å². The van der Waals surface area contributed by atoms with Gasteiger partial charge in [-0.1, -0.05) is 41.9 Å². The summed E-state index contributed by atoms with van der Waals surface area (Å²) in [4.78, 5) is 0. The molecule has 0 aliphatic rings. The molecule has 3 aromatic rings. The highest BCUT2D eigenvalue weighted by Crippen LogP contribution is 2.27. The number of anilines is 1. The standard InChI is InChI=1S/C17H13ClN4O/c18-13-6-8-14(9-7-13)22-16(20)15(10-19)17(21-22)23-11-12-4-2-1-3-5-12/h1-9H,11,20H2. The number of nitrogens with two attached hydrogens (primary N) is 1. The Bertz CT molecular complexity index is 851. The number of halogens is 1. The van der Waals surface area contributed by atoms with Crippen molar-refractivity contribution in [3.8, 4) is 17.6 Å². The van der Waals surface area contributed by atoms with Crippen LogP contribution in [-0.4, -0.2) is 9.78 Å². The number of hydrogen-bond donors (Lipinski definition) is 1. The first-order valence-electron chi connectivity index (χ1n) is 6.90. The number of nitrogens with zero attached hydrogens (tertiary/aromatic N) is 3. The Labute approximate surface area is 138 Å². The Hall–Kier alpha value is -2.97. The van der Waals surface area contributed by atoms with Gasteiger partial charge in [0.15, 0.2) is 5.56 Å². The molecule has 0 bridgehead atoms. The van der Waals surface area contributed by atoms with E-state index in [2.05, 4.69) is 5.10 Å². The lowest BCUT2D eigenvalue weighted by atomic mass is 10.2. The second-order valence-corrected chi connectivity index (χ2v) is 5.28. The summed E-state index contributed by atoms with van der Waals surface area (Å²) in [5.74, 6) is 0.446. The second-order valence-electron chi connectivity index (χ2n) is 4.84. The van der Waals surface area contributed by atoms with Gasteiger partial charge in [0, 0.05) is 5.02 Å². The van der Waals surface area contributed by atoms with Crippen molar-refractivity contribution in [3.63, 3.8) is 0 Å². The zero-order valence-electron chi connectivity index (χ0n) is 12.1. The third-order valence-corrected chi connectivity index (χ3v) is 3.54. The van der Waals surface area contributed by atoms with Crippen molar-refractivity contribution in [2.75, 3.05) is 5.73 Å². The number of ether oxygens (including phenoxy) is 1. The molecule has 23 heavy (non-hydrogen) atoms. The van der Waals surface area contributed by atoms with Crippen LogP contribution >= 0.6 is 11.6 Å². The molecule has 0 amide bonds. The van der Waals surface area contributed by atoms with E-state index in [1.807, 2.05) is 36.4 Å². The molecule has 2 N–H and O–H groups in total. The van der Waals surface area contributed by atoms with Crippen molar-refractivity contribution in [2.24, 2.45) is 0 Å². The van der Waals surface area contributed by atoms with Crippen molar-refractivity contribution in [1.82, 2.24) is 9.78 Å².